The van der Waals surface area contributed by atoms with Gasteiger partial charge in [-0.15, -0.1) is 0 Å². The summed E-state index contributed by atoms with van der Waals surface area (Å²) < 4.78 is 0. The van der Waals surface area contributed by atoms with E-state index in [-0.39, 0.29) is 0 Å². The number of hydrogen-bond donors (Lipinski definition) is 1. The van der Waals surface area contributed by atoms with E-state index in [1.54, 1.807) is 6.07 Å². The summed E-state index contributed by atoms with van der Waals surface area (Å²) in [4.78, 5) is 0. The first-order chi connectivity index (χ1) is 13.8. The highest BCUT2D eigenvalue weighted by Crippen LogP contribution is 2.32. The Morgan fingerprint density at radius 3 is 1.21 bits per heavy atom. The van der Waals surface area contributed by atoms with E-state index in [4.69, 9.17) is 5.11 Å². The van der Waals surface area contributed by atoms with Crippen molar-refractivity contribution in [2.75, 3.05) is 0 Å². The van der Waals surface area contributed by atoms with Crippen LogP contribution in [0.5, 0.6) is 5.75 Å². The third kappa shape index (κ3) is 5.55. The first-order valence-corrected chi connectivity index (χ1v) is 11.5. The maximum absolute atomic E-state index is 9.08. The first-order valence-electron chi connectivity index (χ1n) is 9.07. The van der Waals surface area contributed by atoms with Crippen molar-refractivity contribution in [2.45, 2.75) is 5.33 Å². The topological polar surface area (TPSA) is 20.2 Å². The van der Waals surface area contributed by atoms with E-state index in [0.29, 0.717) is 11.1 Å². The number of phenols is 1. The highest BCUT2D eigenvalue weighted by molar-refractivity contribution is 9.08. The zero-order chi connectivity index (χ0) is 19.6. The molecule has 0 spiro atoms. The Kier molecular flexibility index (Phi) is 7.84. The Labute approximate surface area is 176 Å². The highest BCUT2D eigenvalue weighted by Gasteiger charge is 2.14. The van der Waals surface area contributed by atoms with Crippen LogP contribution in [0, 0.1) is 0 Å². The van der Waals surface area contributed by atoms with Gasteiger partial charge >= 0.3 is 0 Å². The van der Waals surface area contributed by atoms with Gasteiger partial charge in [-0.2, -0.15) is 0 Å². The van der Waals surface area contributed by atoms with Gasteiger partial charge in [-0.25, -0.2) is 0 Å². The molecular weight excluding hydrogens is 427 g/mol. The molecule has 28 heavy (non-hydrogen) atoms. The van der Waals surface area contributed by atoms with Crippen molar-refractivity contribution in [3.8, 4) is 5.75 Å². The van der Waals surface area contributed by atoms with E-state index in [1.807, 2.05) is 18.2 Å². The van der Waals surface area contributed by atoms with Crippen LogP contribution in [-0.4, -0.2) is 5.11 Å². The lowest BCUT2D eigenvalue weighted by Gasteiger charge is -2.18. The van der Waals surface area contributed by atoms with Crippen molar-refractivity contribution in [3.05, 3.63) is 121 Å². The van der Waals surface area contributed by atoms with Gasteiger partial charge in [0, 0.05) is 10.9 Å². The molecule has 0 fully saturated rings. The predicted octanol–water partition coefficient (Wildman–Crippen LogP) is 5.73. The minimum absolute atomic E-state index is 0.356. The van der Waals surface area contributed by atoms with Gasteiger partial charge in [-0.05, 0) is 29.9 Å². The highest BCUT2D eigenvalue weighted by atomic mass is 79.9. The maximum Gasteiger partial charge on any atom is 0.119 e. The molecule has 4 rings (SSSR count). The van der Waals surface area contributed by atoms with Crippen LogP contribution in [0.2, 0.25) is 0 Å². The van der Waals surface area contributed by atoms with Crippen molar-refractivity contribution in [2.24, 2.45) is 0 Å². The molecule has 0 radical (unpaired) electrons. The van der Waals surface area contributed by atoms with Crippen molar-refractivity contribution < 1.29 is 5.11 Å². The smallest absolute Gasteiger partial charge is 0.119 e. The van der Waals surface area contributed by atoms with Gasteiger partial charge < -0.3 is 5.11 Å². The van der Waals surface area contributed by atoms with E-state index in [0.717, 1.165) is 5.56 Å². The molecule has 0 heterocycles. The minimum atomic E-state index is -0.446. The number of phenolic OH excluding ortho intramolecular Hbond substituents is 1. The summed E-state index contributed by atoms with van der Waals surface area (Å²) in [5, 5.41) is 14.0. The van der Waals surface area contributed by atoms with Crippen LogP contribution < -0.4 is 15.9 Å². The van der Waals surface area contributed by atoms with Gasteiger partial charge in [0.05, 0.1) is 0 Å². The number of rotatable bonds is 4. The van der Waals surface area contributed by atoms with Gasteiger partial charge in [-0.1, -0.05) is 125 Å². The molecule has 4 aromatic carbocycles. The van der Waals surface area contributed by atoms with Gasteiger partial charge in [0.1, 0.15) is 5.75 Å². The Hall–Kier alpha value is -2.41. The summed E-state index contributed by atoms with van der Waals surface area (Å²) in [6, 6.07) is 39.6. The molecule has 0 aliphatic rings. The molecular formula is C25H22BrOP. The lowest BCUT2D eigenvalue weighted by Crippen LogP contribution is -2.20. The quantitative estimate of drug-likeness (QED) is 0.312. The minimum Gasteiger partial charge on any atom is -0.508 e. The summed E-state index contributed by atoms with van der Waals surface area (Å²) in [6.45, 7) is 0. The van der Waals surface area contributed by atoms with Crippen LogP contribution in [0.4, 0.5) is 0 Å². The Balaban J connectivity index is 0.000000211. The molecule has 1 nitrogen and oxygen atoms in total. The second kappa shape index (κ2) is 10.8. The summed E-state index contributed by atoms with van der Waals surface area (Å²) in [6.07, 6.45) is 0. The summed E-state index contributed by atoms with van der Waals surface area (Å²) >= 11 is 3.25. The summed E-state index contributed by atoms with van der Waals surface area (Å²) in [5.74, 6) is 0.356. The Morgan fingerprint density at radius 2 is 0.893 bits per heavy atom. The molecule has 0 saturated carbocycles. The zero-order valence-electron chi connectivity index (χ0n) is 15.4. The summed E-state index contributed by atoms with van der Waals surface area (Å²) in [7, 11) is -0.446. The third-order valence-electron chi connectivity index (χ3n) is 4.18. The molecule has 0 bridgehead atoms. The average molecular weight is 449 g/mol. The van der Waals surface area contributed by atoms with Crippen molar-refractivity contribution in [3.63, 3.8) is 0 Å². The number of benzene rings is 4. The summed E-state index contributed by atoms with van der Waals surface area (Å²) in [5.41, 5.74) is 0.928. The SMILES string of the molecule is Oc1ccccc1CBr.c1ccc(P(c2ccccc2)c2ccccc2)cc1. The fourth-order valence-electron chi connectivity index (χ4n) is 2.80. The van der Waals surface area contributed by atoms with Crippen molar-refractivity contribution in [1.82, 2.24) is 0 Å². The van der Waals surface area contributed by atoms with Gasteiger partial charge in [0.25, 0.3) is 0 Å². The van der Waals surface area contributed by atoms with Crippen molar-refractivity contribution in [1.29, 1.82) is 0 Å². The predicted molar refractivity (Wildman–Crippen MR) is 126 cm³/mol. The molecule has 0 aliphatic heterocycles. The maximum atomic E-state index is 9.08. The number of para-hydroxylation sites is 1. The van der Waals surface area contributed by atoms with E-state index in [2.05, 4.69) is 107 Å². The lowest BCUT2D eigenvalue weighted by atomic mass is 10.2. The first kappa shape index (κ1) is 20.3. The standard InChI is InChI=1S/C18H15P.C7H7BrO/c1-4-10-16(11-5-1)19(17-12-6-2-7-13-17)18-14-8-3-9-15-18;8-5-6-3-1-2-4-7(6)9/h1-15H;1-4,9H,5H2. The zero-order valence-corrected chi connectivity index (χ0v) is 17.9. The Morgan fingerprint density at radius 1 is 0.536 bits per heavy atom. The largest absolute Gasteiger partial charge is 0.508 e. The number of hydrogen-bond acceptors (Lipinski definition) is 1. The third-order valence-corrected chi connectivity index (χ3v) is 7.23. The van der Waals surface area contributed by atoms with Gasteiger partial charge in [0.2, 0.25) is 0 Å². The second-order valence-electron chi connectivity index (χ2n) is 6.10. The molecule has 0 saturated heterocycles. The fraction of sp³-hybridized carbons (Fsp3) is 0.0400. The van der Waals surface area contributed by atoms with Crippen LogP contribution in [0.1, 0.15) is 5.56 Å². The van der Waals surface area contributed by atoms with Crippen LogP contribution in [0.15, 0.2) is 115 Å². The molecule has 0 unspecified atom stereocenters. The number of halogens is 1. The Bertz CT molecular complexity index is 865. The molecule has 0 atom stereocenters. The molecule has 3 heteroatoms. The molecule has 4 aromatic rings. The van der Waals surface area contributed by atoms with Crippen LogP contribution in [0.25, 0.3) is 0 Å². The van der Waals surface area contributed by atoms with Crippen LogP contribution >= 0.6 is 23.9 Å². The van der Waals surface area contributed by atoms with Crippen molar-refractivity contribution >= 4 is 39.8 Å². The average Bonchev–Trinajstić information content (AvgIpc) is 2.77. The molecule has 0 amide bonds. The normalized spacial score (nSPS) is 10.2. The number of alkyl halides is 1. The van der Waals surface area contributed by atoms with Crippen LogP contribution in [-0.2, 0) is 5.33 Å². The molecule has 140 valence electrons. The van der Waals surface area contributed by atoms with E-state index in [1.165, 1.54) is 15.9 Å². The van der Waals surface area contributed by atoms with E-state index in [9.17, 15) is 0 Å². The van der Waals surface area contributed by atoms with Gasteiger partial charge in [-0.3, -0.25) is 0 Å². The monoisotopic (exact) mass is 448 g/mol. The number of aromatic hydroxyl groups is 1. The van der Waals surface area contributed by atoms with E-state index < -0.39 is 7.92 Å². The lowest BCUT2D eigenvalue weighted by molar-refractivity contribution is 0.471. The van der Waals surface area contributed by atoms with E-state index >= 15 is 0 Å². The molecule has 1 N–H and O–H groups in total. The van der Waals surface area contributed by atoms with Gasteiger partial charge in [0.15, 0.2) is 0 Å². The fourth-order valence-corrected chi connectivity index (χ4v) is 5.58. The molecule has 0 aromatic heterocycles. The molecule has 0 aliphatic carbocycles. The second-order valence-corrected chi connectivity index (χ2v) is 8.89. The van der Waals surface area contributed by atoms with Crippen LogP contribution in [0.3, 0.4) is 0 Å².